The molecule has 1 N–H and O–H groups in total. The van der Waals surface area contributed by atoms with Gasteiger partial charge in [0.15, 0.2) is 11.5 Å². The second-order valence-corrected chi connectivity index (χ2v) is 6.55. The van der Waals surface area contributed by atoms with Gasteiger partial charge >= 0.3 is 0 Å². The predicted molar refractivity (Wildman–Crippen MR) is 96.1 cm³/mol. The van der Waals surface area contributed by atoms with Crippen LogP contribution >= 0.6 is 0 Å². The first kappa shape index (κ1) is 18.1. The summed E-state index contributed by atoms with van der Waals surface area (Å²) in [6, 6.07) is 6.19. The van der Waals surface area contributed by atoms with Gasteiger partial charge in [0.1, 0.15) is 0 Å². The highest BCUT2D eigenvalue weighted by atomic mass is 16.7. The quantitative estimate of drug-likeness (QED) is 0.492. The van der Waals surface area contributed by atoms with Gasteiger partial charge in [0.2, 0.25) is 6.79 Å². The Balaban J connectivity index is 1.40. The van der Waals surface area contributed by atoms with Crippen LogP contribution in [-0.4, -0.2) is 13.3 Å². The van der Waals surface area contributed by atoms with Crippen molar-refractivity contribution >= 4 is 0 Å². The van der Waals surface area contributed by atoms with Gasteiger partial charge in [0.25, 0.3) is 0 Å². The van der Waals surface area contributed by atoms with E-state index in [9.17, 15) is 0 Å². The molecule has 130 valence electrons. The first-order valence-corrected chi connectivity index (χ1v) is 9.49. The minimum atomic E-state index is 0.352. The number of fused-ring (bicyclic) bond motifs is 1. The molecule has 0 radical (unpaired) electrons. The van der Waals surface area contributed by atoms with E-state index in [1.165, 1.54) is 69.8 Å². The molecule has 0 unspecified atom stereocenters. The molecule has 3 nitrogen and oxygen atoms in total. The maximum Gasteiger partial charge on any atom is 0.231 e. The highest BCUT2D eigenvalue weighted by molar-refractivity contribution is 5.44. The van der Waals surface area contributed by atoms with E-state index in [1.54, 1.807) is 0 Å². The first-order valence-electron chi connectivity index (χ1n) is 9.49. The van der Waals surface area contributed by atoms with Crippen LogP contribution in [0.3, 0.4) is 0 Å². The molecule has 1 heterocycles. The molecule has 23 heavy (non-hydrogen) atoms. The molecule has 0 saturated heterocycles. The Morgan fingerprint density at radius 2 is 1.48 bits per heavy atom. The van der Waals surface area contributed by atoms with E-state index >= 15 is 0 Å². The fraction of sp³-hybridized carbons (Fsp3) is 0.700. The highest BCUT2D eigenvalue weighted by Gasteiger charge is 2.12. The van der Waals surface area contributed by atoms with Crippen LogP contribution < -0.4 is 14.8 Å². The molecule has 1 aromatic rings. The van der Waals surface area contributed by atoms with E-state index in [0.29, 0.717) is 6.79 Å². The van der Waals surface area contributed by atoms with Gasteiger partial charge in [-0.05, 0) is 30.7 Å². The molecule has 0 spiro atoms. The third-order valence-corrected chi connectivity index (χ3v) is 4.47. The summed E-state index contributed by atoms with van der Waals surface area (Å²) in [4.78, 5) is 0. The Kier molecular flexibility index (Phi) is 8.93. The molecule has 0 bridgehead atoms. The lowest BCUT2D eigenvalue weighted by Gasteiger charge is -2.06. The van der Waals surface area contributed by atoms with E-state index in [4.69, 9.17) is 9.47 Å². The molecule has 0 saturated carbocycles. The summed E-state index contributed by atoms with van der Waals surface area (Å²) in [5, 5.41) is 3.52. The zero-order chi connectivity index (χ0) is 16.2. The maximum atomic E-state index is 5.40. The number of ether oxygens (including phenoxy) is 2. The van der Waals surface area contributed by atoms with Gasteiger partial charge in [-0.25, -0.2) is 0 Å². The van der Waals surface area contributed by atoms with E-state index in [0.717, 1.165) is 24.6 Å². The molecule has 3 heteroatoms. The number of hydrogen-bond acceptors (Lipinski definition) is 3. The Morgan fingerprint density at radius 3 is 2.22 bits per heavy atom. The van der Waals surface area contributed by atoms with Gasteiger partial charge in [-0.1, -0.05) is 70.8 Å². The van der Waals surface area contributed by atoms with Crippen molar-refractivity contribution in [2.45, 2.75) is 77.7 Å². The van der Waals surface area contributed by atoms with E-state index in [-0.39, 0.29) is 0 Å². The highest BCUT2D eigenvalue weighted by Crippen LogP contribution is 2.32. The summed E-state index contributed by atoms with van der Waals surface area (Å²) in [5.74, 6) is 1.74. The number of unbranched alkanes of at least 4 members (excludes halogenated alkanes) is 9. The molecule has 0 fully saturated rings. The van der Waals surface area contributed by atoms with Gasteiger partial charge in [0.05, 0.1) is 0 Å². The molecule has 1 aliphatic heterocycles. The van der Waals surface area contributed by atoms with Crippen LogP contribution in [0.15, 0.2) is 18.2 Å². The average Bonchev–Trinajstić information content (AvgIpc) is 3.03. The lowest BCUT2D eigenvalue weighted by Crippen LogP contribution is -2.14. The van der Waals surface area contributed by atoms with Crippen molar-refractivity contribution in [1.29, 1.82) is 0 Å². The molecule has 0 aromatic heterocycles. The van der Waals surface area contributed by atoms with Crippen molar-refractivity contribution in [3.8, 4) is 11.5 Å². The zero-order valence-electron chi connectivity index (χ0n) is 14.7. The van der Waals surface area contributed by atoms with Crippen molar-refractivity contribution in [3.05, 3.63) is 23.8 Å². The van der Waals surface area contributed by atoms with E-state index in [2.05, 4.69) is 24.4 Å². The van der Waals surface area contributed by atoms with E-state index < -0.39 is 0 Å². The first-order chi connectivity index (χ1) is 11.4. The summed E-state index contributed by atoms with van der Waals surface area (Å²) in [7, 11) is 0. The van der Waals surface area contributed by atoms with Crippen molar-refractivity contribution in [3.63, 3.8) is 0 Å². The number of hydrogen-bond donors (Lipinski definition) is 1. The Labute approximate surface area is 141 Å². The fourth-order valence-corrected chi connectivity index (χ4v) is 3.02. The third-order valence-electron chi connectivity index (χ3n) is 4.47. The largest absolute Gasteiger partial charge is 0.454 e. The van der Waals surface area contributed by atoms with Gasteiger partial charge in [-0.2, -0.15) is 0 Å². The Hall–Kier alpha value is -1.22. The predicted octanol–water partition coefficient (Wildman–Crippen LogP) is 5.43. The summed E-state index contributed by atoms with van der Waals surface area (Å²) in [6.07, 6.45) is 13.9. The summed E-state index contributed by atoms with van der Waals surface area (Å²) in [5.41, 5.74) is 1.27. The second kappa shape index (κ2) is 11.3. The number of nitrogens with one attached hydrogen (secondary N) is 1. The SMILES string of the molecule is CCCCCCCCCCCCNCc1ccc2c(c1)OCO2. The molecule has 1 aliphatic rings. The van der Waals surface area contributed by atoms with Crippen LogP contribution in [0.25, 0.3) is 0 Å². The molecule has 2 rings (SSSR count). The van der Waals surface area contributed by atoms with Crippen LogP contribution in [0.4, 0.5) is 0 Å². The van der Waals surface area contributed by atoms with Crippen LogP contribution in [-0.2, 0) is 6.54 Å². The molecule has 1 aromatic carbocycles. The van der Waals surface area contributed by atoms with Crippen molar-refractivity contribution < 1.29 is 9.47 Å². The van der Waals surface area contributed by atoms with Crippen LogP contribution in [0, 0.1) is 0 Å². The molecule has 0 amide bonds. The van der Waals surface area contributed by atoms with Crippen LogP contribution in [0.1, 0.15) is 76.7 Å². The second-order valence-electron chi connectivity index (χ2n) is 6.55. The number of benzene rings is 1. The van der Waals surface area contributed by atoms with Gasteiger partial charge in [0, 0.05) is 6.54 Å². The van der Waals surface area contributed by atoms with Gasteiger partial charge < -0.3 is 14.8 Å². The summed E-state index contributed by atoms with van der Waals surface area (Å²) >= 11 is 0. The minimum Gasteiger partial charge on any atom is -0.454 e. The van der Waals surface area contributed by atoms with Crippen LogP contribution in [0.2, 0.25) is 0 Å². The standard InChI is InChI=1S/C20H33NO2/c1-2-3-4-5-6-7-8-9-10-11-14-21-16-18-12-13-19-20(15-18)23-17-22-19/h12-13,15,21H,2-11,14,16-17H2,1H3. The summed E-state index contributed by atoms with van der Waals surface area (Å²) in [6.45, 7) is 4.64. The Bertz CT molecular complexity index is 434. The van der Waals surface area contributed by atoms with Gasteiger partial charge in [-0.15, -0.1) is 0 Å². The fourth-order valence-electron chi connectivity index (χ4n) is 3.02. The average molecular weight is 319 g/mol. The smallest absolute Gasteiger partial charge is 0.231 e. The van der Waals surface area contributed by atoms with Crippen LogP contribution in [0.5, 0.6) is 11.5 Å². The zero-order valence-corrected chi connectivity index (χ0v) is 14.7. The maximum absolute atomic E-state index is 5.40. The monoisotopic (exact) mass is 319 g/mol. The Morgan fingerprint density at radius 1 is 0.826 bits per heavy atom. The van der Waals surface area contributed by atoms with Gasteiger partial charge in [-0.3, -0.25) is 0 Å². The lowest BCUT2D eigenvalue weighted by atomic mass is 10.1. The lowest BCUT2D eigenvalue weighted by molar-refractivity contribution is 0.174. The molecule has 0 atom stereocenters. The topological polar surface area (TPSA) is 30.5 Å². The molecular formula is C20H33NO2. The number of rotatable bonds is 13. The summed E-state index contributed by atoms with van der Waals surface area (Å²) < 4.78 is 10.7. The normalized spacial score (nSPS) is 12.7. The van der Waals surface area contributed by atoms with E-state index in [1.807, 2.05) is 6.07 Å². The van der Waals surface area contributed by atoms with Crippen molar-refractivity contribution in [1.82, 2.24) is 5.32 Å². The van der Waals surface area contributed by atoms with Crippen molar-refractivity contribution in [2.75, 3.05) is 13.3 Å². The molecular weight excluding hydrogens is 286 g/mol. The third kappa shape index (κ3) is 7.26. The minimum absolute atomic E-state index is 0.352. The van der Waals surface area contributed by atoms with Crippen molar-refractivity contribution in [2.24, 2.45) is 0 Å². The molecule has 0 aliphatic carbocycles.